The molecular formula is C49H65N6O10P. The van der Waals surface area contributed by atoms with E-state index in [9.17, 15) is 33.7 Å². The third-order valence-corrected chi connectivity index (χ3v) is 12.3. The fourth-order valence-corrected chi connectivity index (χ4v) is 8.71. The van der Waals surface area contributed by atoms with E-state index in [4.69, 9.17) is 13.8 Å². The van der Waals surface area contributed by atoms with Crippen LogP contribution < -0.4 is 16.0 Å². The molecule has 356 valence electrons. The third kappa shape index (κ3) is 15.2. The van der Waals surface area contributed by atoms with Crippen molar-refractivity contribution in [2.24, 2.45) is 10.8 Å². The number of carboxylic acid groups (broad SMARTS) is 1. The maximum atomic E-state index is 15.0. The van der Waals surface area contributed by atoms with Crippen LogP contribution in [0.4, 0.5) is 9.59 Å². The van der Waals surface area contributed by atoms with Crippen molar-refractivity contribution in [3.8, 4) is 11.3 Å². The summed E-state index contributed by atoms with van der Waals surface area (Å²) in [6.45, 7) is 12.7. The average Bonchev–Trinajstić information content (AvgIpc) is 3.60. The molecule has 3 aromatic carbocycles. The van der Waals surface area contributed by atoms with Crippen LogP contribution in [-0.2, 0) is 47.3 Å². The van der Waals surface area contributed by atoms with Crippen molar-refractivity contribution in [2.45, 2.75) is 105 Å². The molecule has 0 radical (unpaired) electrons. The zero-order chi connectivity index (χ0) is 48.1. The van der Waals surface area contributed by atoms with Crippen molar-refractivity contribution in [3.63, 3.8) is 0 Å². The largest absolute Gasteiger partial charge is 0.474 e. The Hall–Kier alpha value is -5.64. The van der Waals surface area contributed by atoms with E-state index in [1.165, 1.54) is 0 Å². The highest BCUT2D eigenvalue weighted by molar-refractivity contribution is 7.47. The monoisotopic (exact) mass is 928 g/mol. The second-order valence-electron chi connectivity index (χ2n) is 18.6. The van der Waals surface area contributed by atoms with Crippen LogP contribution in [0.2, 0.25) is 0 Å². The van der Waals surface area contributed by atoms with Crippen molar-refractivity contribution >= 4 is 31.8 Å². The maximum absolute atomic E-state index is 15.0. The summed E-state index contributed by atoms with van der Waals surface area (Å²) < 4.78 is 29.3. The number of urea groups is 1. The molecule has 1 fully saturated rings. The van der Waals surface area contributed by atoms with E-state index in [2.05, 4.69) is 20.9 Å². The molecule has 1 aliphatic heterocycles. The molecule has 0 spiro atoms. The van der Waals surface area contributed by atoms with Crippen molar-refractivity contribution in [2.75, 3.05) is 26.5 Å². The zero-order valence-corrected chi connectivity index (χ0v) is 39.8. The summed E-state index contributed by atoms with van der Waals surface area (Å²) in [4.78, 5) is 73.4. The quantitative estimate of drug-likeness (QED) is 0.0387. The van der Waals surface area contributed by atoms with Crippen LogP contribution >= 0.6 is 7.82 Å². The number of hydrogen-bond acceptors (Lipinski definition) is 9. The summed E-state index contributed by atoms with van der Waals surface area (Å²) in [6, 6.07) is 28.3. The molecular weight excluding hydrogens is 864 g/mol. The van der Waals surface area contributed by atoms with Gasteiger partial charge in [-0.25, -0.2) is 14.2 Å². The van der Waals surface area contributed by atoms with Crippen molar-refractivity contribution in [1.82, 2.24) is 30.7 Å². The Labute approximate surface area is 388 Å². The number of pyridine rings is 1. The van der Waals surface area contributed by atoms with Crippen LogP contribution in [0.3, 0.4) is 0 Å². The standard InChI is InChI=1S/C49H65N6O10P/c1-8-64-66(61,62)65-33-63-41(31-38(51-44(56)42(48(2,3)4)53-46(58)59)29-35-22-24-37(25-23-35)39-21-15-16-26-50-39)40(30-34-17-11-9-12-18-34)52-45(57)43(49(5,6)7)55-28-27-54(47(55)60)32-36-19-13-10-14-20-36/h9-26,38,40-43,53H,8,27-33H2,1-7H3,(H,51,56)(H,52,57)(H,58,59)(H,61,62)/t38-,40-,41-,42+,43+/m0/s1. The molecule has 0 saturated carbocycles. The lowest BCUT2D eigenvalue weighted by molar-refractivity contribution is -0.133. The van der Waals surface area contributed by atoms with Gasteiger partial charge in [0.2, 0.25) is 11.8 Å². The van der Waals surface area contributed by atoms with E-state index < -0.39 is 73.6 Å². The fourth-order valence-electron chi connectivity index (χ4n) is 8.12. The molecule has 16 nitrogen and oxygen atoms in total. The first-order chi connectivity index (χ1) is 31.2. The number of rotatable bonds is 22. The number of carbonyl (C=O) groups excluding carboxylic acids is 3. The lowest BCUT2D eigenvalue weighted by Gasteiger charge is -2.39. The number of hydrogen-bond donors (Lipinski definition) is 5. The Kier molecular flexibility index (Phi) is 18.0. The summed E-state index contributed by atoms with van der Waals surface area (Å²) in [7, 11) is -4.55. The number of amides is 5. The van der Waals surface area contributed by atoms with Gasteiger partial charge in [0.1, 0.15) is 12.1 Å². The highest BCUT2D eigenvalue weighted by atomic mass is 31.2. The van der Waals surface area contributed by atoms with E-state index in [1.807, 2.05) is 124 Å². The van der Waals surface area contributed by atoms with Crippen LogP contribution in [0.15, 0.2) is 109 Å². The molecule has 1 aliphatic rings. The number of ether oxygens (including phenoxy) is 1. The Morgan fingerprint density at radius 2 is 1.38 bits per heavy atom. The number of aromatic nitrogens is 1. The van der Waals surface area contributed by atoms with Crippen LogP contribution in [-0.4, -0.2) is 105 Å². The molecule has 5 amide bonds. The van der Waals surface area contributed by atoms with Crippen LogP contribution in [0.25, 0.3) is 11.3 Å². The third-order valence-electron chi connectivity index (χ3n) is 11.2. The number of nitrogens with one attached hydrogen (secondary N) is 3. The number of phosphoric acid groups is 1. The van der Waals surface area contributed by atoms with Crippen molar-refractivity contribution in [1.29, 1.82) is 0 Å². The number of benzene rings is 3. The second-order valence-corrected chi connectivity index (χ2v) is 20.1. The molecule has 66 heavy (non-hydrogen) atoms. The Bertz CT molecular complexity index is 2240. The van der Waals surface area contributed by atoms with Crippen molar-refractivity contribution in [3.05, 3.63) is 126 Å². The summed E-state index contributed by atoms with van der Waals surface area (Å²) in [5.41, 5.74) is 2.67. The Morgan fingerprint density at radius 3 is 1.95 bits per heavy atom. The number of carbonyl (C=O) groups is 4. The molecule has 5 N–H and O–H groups in total. The predicted octanol–water partition coefficient (Wildman–Crippen LogP) is 7.42. The smallest absolute Gasteiger partial charge is 0.465 e. The normalized spacial score (nSPS) is 16.4. The second kappa shape index (κ2) is 23.2. The highest BCUT2D eigenvalue weighted by Gasteiger charge is 2.45. The van der Waals surface area contributed by atoms with Gasteiger partial charge in [0.05, 0.1) is 24.4 Å². The first-order valence-electron chi connectivity index (χ1n) is 22.2. The molecule has 1 aromatic heterocycles. The van der Waals surface area contributed by atoms with Crippen LogP contribution in [0, 0.1) is 10.8 Å². The Balaban J connectivity index is 1.53. The average molecular weight is 929 g/mol. The van der Waals surface area contributed by atoms with Gasteiger partial charge in [-0.1, -0.05) is 133 Å². The van der Waals surface area contributed by atoms with Gasteiger partial charge in [-0.15, -0.1) is 0 Å². The summed E-state index contributed by atoms with van der Waals surface area (Å²) in [5, 5.41) is 18.4. The topological polar surface area (TPSA) is 209 Å². The summed E-state index contributed by atoms with van der Waals surface area (Å²) in [5.74, 6) is -1.03. The number of phosphoric ester groups is 1. The molecule has 4 aromatic rings. The first kappa shape index (κ1) is 51.3. The van der Waals surface area contributed by atoms with E-state index in [0.29, 0.717) is 19.6 Å². The van der Waals surface area contributed by atoms with Gasteiger partial charge in [-0.2, -0.15) is 0 Å². The minimum atomic E-state index is -4.55. The van der Waals surface area contributed by atoms with Crippen LogP contribution in [0.1, 0.15) is 71.6 Å². The Morgan fingerprint density at radius 1 is 0.758 bits per heavy atom. The van der Waals surface area contributed by atoms with E-state index in [1.54, 1.807) is 43.7 Å². The molecule has 1 unspecified atom stereocenters. The molecule has 17 heteroatoms. The lowest BCUT2D eigenvalue weighted by Crippen LogP contribution is -2.59. The molecule has 5 rings (SSSR count). The van der Waals surface area contributed by atoms with Gasteiger partial charge in [-0.3, -0.25) is 23.6 Å². The molecule has 0 bridgehead atoms. The van der Waals surface area contributed by atoms with Crippen molar-refractivity contribution < 1.29 is 47.5 Å². The maximum Gasteiger partial charge on any atom is 0.474 e. The zero-order valence-electron chi connectivity index (χ0n) is 38.9. The van der Waals surface area contributed by atoms with E-state index in [-0.39, 0.29) is 31.9 Å². The van der Waals surface area contributed by atoms with E-state index in [0.717, 1.165) is 27.9 Å². The lowest BCUT2D eigenvalue weighted by atomic mass is 9.84. The fraction of sp³-hybridized carbons (Fsp3) is 0.449. The summed E-state index contributed by atoms with van der Waals surface area (Å²) >= 11 is 0. The van der Waals surface area contributed by atoms with Gasteiger partial charge < -0.3 is 40.5 Å². The van der Waals surface area contributed by atoms with Gasteiger partial charge in [0.15, 0.2) is 6.79 Å². The number of nitrogens with zero attached hydrogens (tertiary/aromatic N) is 3. The highest BCUT2D eigenvalue weighted by Crippen LogP contribution is 2.43. The molecule has 2 heterocycles. The SMILES string of the molecule is CCOP(=O)(O)OCO[C@@H](C[C@H](Cc1ccc(-c2ccccn2)cc1)NC(=O)[C@@H](NC(=O)O)C(C)(C)C)[C@H](Cc1ccccc1)NC(=O)[C@@H](N1CCN(Cc2ccccc2)C1=O)C(C)(C)C. The predicted molar refractivity (Wildman–Crippen MR) is 251 cm³/mol. The van der Waals surface area contributed by atoms with Gasteiger partial charge in [0.25, 0.3) is 0 Å². The van der Waals surface area contributed by atoms with Gasteiger partial charge >= 0.3 is 19.9 Å². The molecule has 6 atom stereocenters. The molecule has 0 aliphatic carbocycles. The summed E-state index contributed by atoms with van der Waals surface area (Å²) in [6.07, 6.45) is -0.263. The van der Waals surface area contributed by atoms with Gasteiger partial charge in [-0.05, 0) is 65.8 Å². The first-order valence-corrected chi connectivity index (χ1v) is 23.7. The van der Waals surface area contributed by atoms with Crippen LogP contribution in [0.5, 0.6) is 0 Å². The minimum absolute atomic E-state index is 0.00312. The minimum Gasteiger partial charge on any atom is -0.465 e. The molecule has 1 saturated heterocycles. The van der Waals surface area contributed by atoms with E-state index >= 15 is 0 Å². The van der Waals surface area contributed by atoms with Gasteiger partial charge in [0, 0.05) is 37.4 Å².